The molecule has 0 saturated heterocycles. The van der Waals surface area contributed by atoms with Crippen LogP contribution in [0, 0.1) is 0 Å². The Morgan fingerprint density at radius 2 is 1.19 bits per heavy atom. The fourth-order valence-electron chi connectivity index (χ4n) is 4.94. The summed E-state index contributed by atoms with van der Waals surface area (Å²) in [4.78, 5) is 18.8. The molecule has 3 heterocycles. The number of fused-ring (bicyclic) bond motifs is 5. The first-order valence-corrected chi connectivity index (χ1v) is 12.8. The third kappa shape index (κ3) is 3.37. The number of rotatable bonds is 4. The summed E-state index contributed by atoms with van der Waals surface area (Å²) in [7, 11) is 0. The van der Waals surface area contributed by atoms with E-state index in [1.165, 1.54) is 0 Å². The van der Waals surface area contributed by atoms with Crippen molar-refractivity contribution < 1.29 is 0 Å². The second-order valence-electron chi connectivity index (χ2n) is 8.76. The molecule has 6 aromatic rings. The van der Waals surface area contributed by atoms with Gasteiger partial charge < -0.3 is 0 Å². The van der Waals surface area contributed by atoms with E-state index in [0.29, 0.717) is 11.9 Å². The van der Waals surface area contributed by atoms with E-state index in [-0.39, 0.29) is 0 Å². The molecular weight excluding hydrogens is 474 g/mol. The molecule has 0 N–H and O–H groups in total. The van der Waals surface area contributed by atoms with Crippen LogP contribution in [0.5, 0.6) is 0 Å². The van der Waals surface area contributed by atoms with E-state index in [1.807, 2.05) is 24.3 Å². The number of anilines is 3. The summed E-state index contributed by atoms with van der Waals surface area (Å²) in [6.07, 6.45) is 5.33. The van der Waals surface area contributed by atoms with Gasteiger partial charge >= 0.3 is 0 Å². The molecule has 1 aliphatic heterocycles. The van der Waals surface area contributed by atoms with Crippen molar-refractivity contribution in [2.45, 2.75) is 9.79 Å². The third-order valence-electron chi connectivity index (χ3n) is 6.66. The molecule has 176 valence electrons. The molecule has 0 spiro atoms. The Bertz CT molecular complexity index is 1760. The fraction of sp³-hybridized carbons (Fsp3) is 0. The zero-order valence-corrected chi connectivity index (χ0v) is 20.7. The lowest BCUT2D eigenvalue weighted by molar-refractivity contribution is 0.919. The zero-order chi connectivity index (χ0) is 24.9. The largest absolute Gasteiger partial charge is 0.278 e. The van der Waals surface area contributed by atoms with E-state index in [4.69, 9.17) is 4.98 Å². The van der Waals surface area contributed by atoms with Crippen molar-refractivity contribution >= 4 is 63.0 Å². The summed E-state index contributed by atoms with van der Waals surface area (Å²) in [5.41, 5.74) is 6.27. The summed E-state index contributed by atoms with van der Waals surface area (Å²) >= 11 is 1.76. The van der Waals surface area contributed by atoms with Crippen LogP contribution in [-0.2, 0) is 0 Å². The first-order chi connectivity index (χ1) is 18.2. The summed E-state index contributed by atoms with van der Waals surface area (Å²) in [6.45, 7) is 7.91. The Morgan fingerprint density at radius 3 is 1.76 bits per heavy atom. The van der Waals surface area contributed by atoms with Crippen LogP contribution >= 0.6 is 11.8 Å². The highest BCUT2D eigenvalue weighted by atomic mass is 32.2. The summed E-state index contributed by atoms with van der Waals surface area (Å²) in [6, 6.07) is 29.3. The number of benzene rings is 4. The maximum atomic E-state index is 5.04. The summed E-state index contributed by atoms with van der Waals surface area (Å²) in [5.74, 6) is 1.14. The topological polar surface area (TPSA) is 46.8 Å². The van der Waals surface area contributed by atoms with Crippen LogP contribution in [0.3, 0.4) is 0 Å². The Labute approximate surface area is 218 Å². The molecule has 0 saturated carbocycles. The van der Waals surface area contributed by atoms with E-state index >= 15 is 0 Å². The first kappa shape index (κ1) is 21.6. The predicted octanol–water partition coefficient (Wildman–Crippen LogP) is 8.19. The lowest BCUT2D eigenvalue weighted by Crippen LogP contribution is -2.18. The highest BCUT2D eigenvalue weighted by Gasteiger charge is 2.27. The molecule has 0 amide bonds. The van der Waals surface area contributed by atoms with Gasteiger partial charge in [0, 0.05) is 20.6 Å². The van der Waals surface area contributed by atoms with Crippen LogP contribution in [0.2, 0.25) is 0 Å². The molecular formula is C31H21N5S. The second-order valence-corrected chi connectivity index (χ2v) is 9.84. The Balaban J connectivity index is 1.48. The van der Waals surface area contributed by atoms with Gasteiger partial charge in [-0.25, -0.2) is 9.97 Å². The molecule has 0 aliphatic carbocycles. The van der Waals surface area contributed by atoms with E-state index < -0.39 is 0 Å². The van der Waals surface area contributed by atoms with Gasteiger partial charge in [0.1, 0.15) is 6.33 Å². The Morgan fingerprint density at radius 1 is 0.649 bits per heavy atom. The van der Waals surface area contributed by atoms with Gasteiger partial charge in [0.15, 0.2) is 0 Å². The molecule has 0 atom stereocenters. The van der Waals surface area contributed by atoms with Crippen LogP contribution < -0.4 is 4.90 Å². The van der Waals surface area contributed by atoms with E-state index in [9.17, 15) is 0 Å². The minimum absolute atomic E-state index is 0.566. The smallest absolute Gasteiger partial charge is 0.239 e. The lowest BCUT2D eigenvalue weighted by atomic mass is 10.1. The highest BCUT2D eigenvalue weighted by Crippen LogP contribution is 2.50. The van der Waals surface area contributed by atoms with E-state index in [2.05, 4.69) is 105 Å². The number of nitrogens with zero attached hydrogens (tertiary/aromatic N) is 5. The summed E-state index contributed by atoms with van der Waals surface area (Å²) < 4.78 is 2.10. The number of para-hydroxylation sites is 2. The summed E-state index contributed by atoms with van der Waals surface area (Å²) in [5, 5.41) is 2.23. The number of hydrogen-bond acceptors (Lipinski definition) is 5. The van der Waals surface area contributed by atoms with Crippen LogP contribution in [0.1, 0.15) is 11.1 Å². The van der Waals surface area contributed by atoms with Crippen molar-refractivity contribution in [3.63, 3.8) is 0 Å². The van der Waals surface area contributed by atoms with Crippen molar-refractivity contribution in [2.75, 3.05) is 4.90 Å². The van der Waals surface area contributed by atoms with Crippen molar-refractivity contribution in [3.05, 3.63) is 116 Å². The average Bonchev–Trinajstić information content (AvgIpc) is 3.28. The van der Waals surface area contributed by atoms with Gasteiger partial charge in [-0.1, -0.05) is 73.5 Å². The third-order valence-corrected chi connectivity index (χ3v) is 7.79. The normalized spacial score (nSPS) is 12.4. The predicted molar refractivity (Wildman–Crippen MR) is 153 cm³/mol. The molecule has 0 unspecified atom stereocenters. The standard InChI is InChI=1S/C31H21N5S/c1-3-20-13-15-24-22(17-20)23-18-21(4-2)14-16-25(23)35(24)30-32-19-33-31(34-30)36-26-9-5-7-11-28(26)37-29-12-8-6-10-27(29)36/h3-19H,1-2H2. The van der Waals surface area contributed by atoms with Gasteiger partial charge in [0.05, 0.1) is 22.4 Å². The van der Waals surface area contributed by atoms with E-state index in [1.54, 1.807) is 18.1 Å². The molecule has 1 aliphatic rings. The van der Waals surface area contributed by atoms with E-state index in [0.717, 1.165) is 54.1 Å². The SMILES string of the molecule is C=Cc1ccc2c(c1)c1cc(C=C)ccc1n2-c1ncnc(N2c3ccccc3Sc3ccccc32)n1. The number of aromatic nitrogens is 4. The van der Waals surface area contributed by atoms with Gasteiger partial charge in [-0.3, -0.25) is 9.47 Å². The minimum Gasteiger partial charge on any atom is -0.278 e. The molecule has 0 radical (unpaired) electrons. The number of hydrogen-bond donors (Lipinski definition) is 0. The van der Waals surface area contributed by atoms with Gasteiger partial charge in [-0.05, 0) is 59.7 Å². The first-order valence-electron chi connectivity index (χ1n) is 11.9. The highest BCUT2D eigenvalue weighted by molar-refractivity contribution is 7.99. The van der Waals surface area contributed by atoms with Crippen LogP contribution in [0.25, 0.3) is 39.9 Å². The van der Waals surface area contributed by atoms with Crippen molar-refractivity contribution in [3.8, 4) is 5.95 Å². The maximum Gasteiger partial charge on any atom is 0.239 e. The molecule has 5 nitrogen and oxygen atoms in total. The molecule has 6 heteroatoms. The van der Waals surface area contributed by atoms with Crippen molar-refractivity contribution in [1.82, 2.24) is 19.5 Å². The molecule has 0 fully saturated rings. The van der Waals surface area contributed by atoms with Crippen LogP contribution in [-0.4, -0.2) is 19.5 Å². The van der Waals surface area contributed by atoms with Gasteiger partial charge in [0.25, 0.3) is 0 Å². The average molecular weight is 496 g/mol. The van der Waals surface area contributed by atoms with Gasteiger partial charge in [-0.15, -0.1) is 0 Å². The van der Waals surface area contributed by atoms with Gasteiger partial charge in [-0.2, -0.15) is 4.98 Å². The molecule has 37 heavy (non-hydrogen) atoms. The van der Waals surface area contributed by atoms with Gasteiger partial charge in [0.2, 0.25) is 11.9 Å². The quantitative estimate of drug-likeness (QED) is 0.246. The van der Waals surface area contributed by atoms with Crippen molar-refractivity contribution in [1.29, 1.82) is 0 Å². The molecule has 2 aromatic heterocycles. The Kier molecular flexibility index (Phi) is 4.94. The van der Waals surface area contributed by atoms with Crippen LogP contribution in [0.4, 0.5) is 17.3 Å². The van der Waals surface area contributed by atoms with Crippen molar-refractivity contribution in [2.24, 2.45) is 0 Å². The molecule has 7 rings (SSSR count). The molecule has 4 aromatic carbocycles. The minimum atomic E-state index is 0.566. The molecule has 0 bridgehead atoms. The van der Waals surface area contributed by atoms with Crippen LogP contribution in [0.15, 0.2) is 114 Å². The lowest BCUT2D eigenvalue weighted by Gasteiger charge is -2.30. The zero-order valence-electron chi connectivity index (χ0n) is 19.9. The monoisotopic (exact) mass is 495 g/mol. The second kappa shape index (κ2) is 8.47. The Hall–Kier alpha value is -4.68. The maximum absolute atomic E-state index is 5.04. The fourth-order valence-corrected chi connectivity index (χ4v) is 6.00.